The normalized spacial score (nSPS) is 23.2. The molecule has 2 aromatic rings. The third kappa shape index (κ3) is 6.59. The lowest BCUT2D eigenvalue weighted by atomic mass is 9.97. The van der Waals surface area contributed by atoms with E-state index in [9.17, 15) is 27.2 Å². The van der Waals surface area contributed by atoms with Crippen molar-refractivity contribution in [2.45, 2.75) is 56.4 Å². The Kier molecular flexibility index (Phi) is 8.78. The first kappa shape index (κ1) is 32.2. The number of halogens is 5. The van der Waals surface area contributed by atoms with Crippen LogP contribution in [0, 0.1) is 5.41 Å². The summed E-state index contributed by atoms with van der Waals surface area (Å²) in [5.41, 5.74) is 7.69. The molecule has 6 rings (SSSR count). The molecular formula is C30H30ClF4N9O3. The van der Waals surface area contributed by atoms with Crippen molar-refractivity contribution in [3.05, 3.63) is 64.2 Å². The molecule has 0 saturated heterocycles. The fourth-order valence-electron chi connectivity index (χ4n) is 5.88. The Hall–Kier alpha value is -4.73. The number of aliphatic imine (C=N–C) groups is 2. The molecule has 2 amide bonds. The number of hydrogen-bond donors (Lipinski definition) is 2. The number of rotatable bonds is 12. The molecule has 2 saturated carbocycles. The van der Waals surface area contributed by atoms with Crippen LogP contribution in [-0.2, 0) is 9.53 Å². The van der Waals surface area contributed by atoms with Crippen LogP contribution in [0.15, 0.2) is 62.7 Å². The number of hydrogen-bond acceptors (Lipinski definition) is 9. The van der Waals surface area contributed by atoms with E-state index in [4.69, 9.17) is 22.1 Å². The second-order valence-corrected chi connectivity index (χ2v) is 12.1. The third-order valence-electron chi connectivity index (χ3n) is 8.77. The van der Waals surface area contributed by atoms with Gasteiger partial charge in [0.15, 0.2) is 12.0 Å². The maximum absolute atomic E-state index is 14.0. The number of nitrogens with one attached hydrogen (secondary N) is 1. The first-order chi connectivity index (χ1) is 22.5. The number of carbonyl (C=O) groups is 2. The molecule has 0 bridgehead atoms. The van der Waals surface area contributed by atoms with E-state index in [0.29, 0.717) is 21.1 Å². The molecule has 3 unspecified atom stereocenters. The van der Waals surface area contributed by atoms with E-state index >= 15 is 0 Å². The van der Waals surface area contributed by atoms with E-state index in [2.05, 4.69) is 32.2 Å². The average molecular weight is 676 g/mol. The highest BCUT2D eigenvalue weighted by molar-refractivity contribution is 6.33. The number of anilines is 1. The maximum Gasteiger partial charge on any atom is 0.407 e. The predicted octanol–water partition coefficient (Wildman–Crippen LogP) is 4.84. The number of benzene rings is 2. The molecule has 2 fully saturated rings. The van der Waals surface area contributed by atoms with Gasteiger partial charge in [-0.05, 0) is 60.2 Å². The number of carbonyl (C=O) groups excluding carboxylic acids is 2. The summed E-state index contributed by atoms with van der Waals surface area (Å²) in [4.78, 5) is 35.5. The summed E-state index contributed by atoms with van der Waals surface area (Å²) in [6, 6.07) is 8.65. The van der Waals surface area contributed by atoms with Crippen molar-refractivity contribution in [1.82, 2.24) is 15.2 Å². The molecule has 1 spiro atoms. The van der Waals surface area contributed by atoms with Crippen LogP contribution in [0.5, 0.6) is 0 Å². The fourth-order valence-corrected chi connectivity index (χ4v) is 6.08. The minimum atomic E-state index is -3.11. The van der Waals surface area contributed by atoms with E-state index in [1.165, 1.54) is 24.4 Å². The van der Waals surface area contributed by atoms with Crippen LogP contribution in [0.3, 0.4) is 0 Å². The van der Waals surface area contributed by atoms with Crippen molar-refractivity contribution in [3.8, 4) is 0 Å². The van der Waals surface area contributed by atoms with Gasteiger partial charge in [-0.15, -0.1) is 0 Å². The Bertz CT molecular complexity index is 1640. The Balaban J connectivity index is 1.25. The highest BCUT2D eigenvalue weighted by Crippen LogP contribution is 2.65. The maximum atomic E-state index is 14.0. The number of ether oxygens (including phenoxy) is 1. The SMILES string of the molecule is C=N/C=N\N(c1cc(C(COC(=O)NC2CC23CC3)N2C(=O)[C@@H](c3ccc(C4C=NN(C(F)F)C4)cc3)N=C2N)ccc1Cl)C(F)F. The number of hydrazone groups is 2. The van der Waals surface area contributed by atoms with Crippen LogP contribution >= 0.6 is 11.6 Å². The van der Waals surface area contributed by atoms with Gasteiger partial charge in [-0.3, -0.25) is 14.7 Å². The smallest absolute Gasteiger partial charge is 0.407 e. The van der Waals surface area contributed by atoms with Crippen molar-refractivity contribution in [1.29, 1.82) is 0 Å². The molecule has 2 heterocycles. The Labute approximate surface area is 271 Å². The number of alkyl carbamates (subject to hydrolysis) is 1. The molecule has 3 N–H and O–H groups in total. The zero-order chi connectivity index (χ0) is 33.5. The number of amides is 2. The highest BCUT2D eigenvalue weighted by atomic mass is 35.5. The molecule has 4 aliphatic rings. The zero-order valence-electron chi connectivity index (χ0n) is 24.7. The van der Waals surface area contributed by atoms with Crippen LogP contribution in [0.4, 0.5) is 28.0 Å². The average Bonchev–Trinajstić information content (AvgIpc) is 3.85. The van der Waals surface area contributed by atoms with Gasteiger partial charge < -0.3 is 15.8 Å². The predicted molar refractivity (Wildman–Crippen MR) is 167 cm³/mol. The van der Waals surface area contributed by atoms with E-state index < -0.39 is 43.8 Å². The van der Waals surface area contributed by atoms with Gasteiger partial charge in [0.25, 0.3) is 5.91 Å². The van der Waals surface area contributed by atoms with Crippen LogP contribution in [0.25, 0.3) is 0 Å². The second-order valence-electron chi connectivity index (χ2n) is 11.7. The Morgan fingerprint density at radius 1 is 1.21 bits per heavy atom. The second kappa shape index (κ2) is 12.8. The lowest BCUT2D eigenvalue weighted by Gasteiger charge is -2.29. The lowest BCUT2D eigenvalue weighted by Crippen LogP contribution is -2.43. The molecule has 17 heteroatoms. The quantitative estimate of drug-likeness (QED) is 0.109. The number of alkyl halides is 4. The molecule has 248 valence electrons. The van der Waals surface area contributed by atoms with Crippen LogP contribution in [-0.4, -0.2) is 79.4 Å². The topological polar surface area (TPSA) is 141 Å². The van der Waals surface area contributed by atoms with Crippen molar-refractivity contribution >= 4 is 54.5 Å². The van der Waals surface area contributed by atoms with Gasteiger partial charge in [0, 0.05) is 18.2 Å². The largest absolute Gasteiger partial charge is 0.447 e. The molecule has 47 heavy (non-hydrogen) atoms. The summed E-state index contributed by atoms with van der Waals surface area (Å²) in [6.45, 7) is -3.01. The fraction of sp³-hybridized carbons (Fsp3) is 0.400. The van der Waals surface area contributed by atoms with Crippen molar-refractivity contribution in [2.24, 2.45) is 31.3 Å². The Morgan fingerprint density at radius 3 is 2.55 bits per heavy atom. The molecule has 2 aromatic carbocycles. The highest BCUT2D eigenvalue weighted by Gasteiger charge is 2.63. The molecule has 4 atom stereocenters. The number of guanidine groups is 1. The summed E-state index contributed by atoms with van der Waals surface area (Å²) >= 11 is 6.28. The van der Waals surface area contributed by atoms with Crippen LogP contribution < -0.4 is 16.1 Å². The zero-order valence-corrected chi connectivity index (χ0v) is 25.5. The molecule has 2 aliphatic carbocycles. The molecule has 0 radical (unpaired) electrons. The van der Waals surface area contributed by atoms with Crippen molar-refractivity contribution in [2.75, 3.05) is 18.2 Å². The standard InChI is InChI=1S/C30H30ClF4N9O3/c1-37-15-39-44(27(34)35)21-10-18(6-7-20(21)31)22(14-47-29(46)40-23-11-30(23)8-9-30)43-25(45)24(41-28(43)36)17-4-2-16(3-5-17)19-12-38-42(13-19)26(32)33/h2-7,10,12,15,19,22-24,26-27H,1,8-9,11,13-14H2,(H2,36,41)(H,40,46)/b39-15-/t19?,22?,23?,24-/m1/s1. The summed E-state index contributed by atoms with van der Waals surface area (Å²) in [7, 11) is 0. The van der Waals surface area contributed by atoms with Gasteiger partial charge in [-0.25, -0.2) is 19.8 Å². The van der Waals surface area contributed by atoms with E-state index in [1.54, 1.807) is 24.3 Å². The monoisotopic (exact) mass is 675 g/mol. The summed E-state index contributed by atoms with van der Waals surface area (Å²) < 4.78 is 59.5. The minimum absolute atomic E-state index is 0.0106. The molecule has 2 aliphatic heterocycles. The molecule has 0 aromatic heterocycles. The lowest BCUT2D eigenvalue weighted by molar-refractivity contribution is -0.129. The first-order valence-electron chi connectivity index (χ1n) is 14.6. The Morgan fingerprint density at radius 2 is 1.94 bits per heavy atom. The van der Waals surface area contributed by atoms with Crippen LogP contribution in [0.1, 0.15) is 54.0 Å². The van der Waals surface area contributed by atoms with Gasteiger partial charge in [0.05, 0.1) is 23.3 Å². The van der Waals surface area contributed by atoms with E-state index in [0.717, 1.165) is 30.5 Å². The van der Waals surface area contributed by atoms with E-state index in [-0.39, 0.29) is 46.2 Å². The van der Waals surface area contributed by atoms with Gasteiger partial charge in [0.2, 0.25) is 0 Å². The van der Waals surface area contributed by atoms with Gasteiger partial charge in [0.1, 0.15) is 12.9 Å². The van der Waals surface area contributed by atoms with Gasteiger partial charge >= 0.3 is 19.2 Å². The minimum Gasteiger partial charge on any atom is -0.447 e. The van der Waals surface area contributed by atoms with E-state index in [1.807, 2.05) is 0 Å². The van der Waals surface area contributed by atoms with Gasteiger partial charge in [-0.1, -0.05) is 41.9 Å². The molecule has 12 nitrogen and oxygen atoms in total. The number of nitrogens with zero attached hydrogens (tertiary/aromatic N) is 7. The summed E-state index contributed by atoms with van der Waals surface area (Å²) in [5.74, 6) is -1.12. The van der Waals surface area contributed by atoms with Gasteiger partial charge in [-0.2, -0.15) is 27.8 Å². The first-order valence-corrected chi connectivity index (χ1v) is 15.0. The third-order valence-corrected chi connectivity index (χ3v) is 9.09. The summed E-state index contributed by atoms with van der Waals surface area (Å²) in [6.07, 6.45) is 4.52. The van der Waals surface area contributed by atoms with Crippen molar-refractivity contribution < 1.29 is 31.9 Å². The summed E-state index contributed by atoms with van der Waals surface area (Å²) in [5, 5.41) is 11.1. The number of nitrogens with two attached hydrogens (primary N) is 1. The van der Waals surface area contributed by atoms with Crippen LogP contribution in [0.2, 0.25) is 5.02 Å². The van der Waals surface area contributed by atoms with Crippen molar-refractivity contribution in [3.63, 3.8) is 0 Å². The molecular weight excluding hydrogens is 646 g/mol.